The van der Waals surface area contributed by atoms with Crippen LogP contribution in [0.3, 0.4) is 0 Å². The van der Waals surface area contributed by atoms with E-state index in [1.807, 2.05) is 0 Å². The molecule has 0 radical (unpaired) electrons. The predicted molar refractivity (Wildman–Crippen MR) is 64.1 cm³/mol. The Kier molecular flexibility index (Phi) is 3.85. The lowest BCUT2D eigenvalue weighted by atomic mass is 10.2. The highest BCUT2D eigenvalue weighted by Crippen LogP contribution is 2.35. The van der Waals surface area contributed by atoms with Crippen molar-refractivity contribution in [2.24, 2.45) is 0 Å². The molecule has 0 atom stereocenters. The van der Waals surface area contributed by atoms with Crippen LogP contribution in [-0.4, -0.2) is 4.98 Å². The van der Waals surface area contributed by atoms with Gasteiger partial charge in [0.1, 0.15) is 22.5 Å². The molecule has 0 aliphatic rings. The number of pyridine rings is 1. The molecule has 2 rings (SSSR count). The zero-order valence-electron chi connectivity index (χ0n) is 9.71. The van der Waals surface area contributed by atoms with Crippen molar-refractivity contribution in [3.8, 4) is 0 Å². The minimum atomic E-state index is -4.59. The van der Waals surface area contributed by atoms with Crippen molar-refractivity contribution < 1.29 is 22.0 Å². The van der Waals surface area contributed by atoms with Gasteiger partial charge in [0.25, 0.3) is 0 Å². The van der Waals surface area contributed by atoms with Crippen LogP contribution in [0.1, 0.15) is 5.56 Å². The molecule has 20 heavy (non-hydrogen) atoms. The molecule has 2 aromatic rings. The van der Waals surface area contributed by atoms with E-state index >= 15 is 0 Å². The molecule has 0 aliphatic heterocycles. The molecule has 1 heterocycles. The van der Waals surface area contributed by atoms with Gasteiger partial charge in [-0.3, -0.25) is 0 Å². The first-order valence-electron chi connectivity index (χ1n) is 5.23. The van der Waals surface area contributed by atoms with E-state index in [4.69, 9.17) is 5.73 Å². The molecule has 0 amide bonds. The van der Waals surface area contributed by atoms with Crippen LogP contribution in [0.4, 0.5) is 27.8 Å². The van der Waals surface area contributed by atoms with Gasteiger partial charge in [-0.25, -0.2) is 13.8 Å². The Morgan fingerprint density at radius 3 is 2.40 bits per heavy atom. The SMILES string of the molecule is Nc1cc(C(F)(F)F)cc(Sc2cc(F)ccc2F)n1. The number of benzene rings is 1. The van der Waals surface area contributed by atoms with E-state index in [0.717, 1.165) is 24.3 Å². The van der Waals surface area contributed by atoms with E-state index < -0.39 is 23.4 Å². The summed E-state index contributed by atoms with van der Waals surface area (Å²) < 4.78 is 64.2. The first kappa shape index (κ1) is 14.6. The van der Waals surface area contributed by atoms with E-state index in [2.05, 4.69) is 4.98 Å². The van der Waals surface area contributed by atoms with Crippen molar-refractivity contribution in [1.82, 2.24) is 4.98 Å². The highest BCUT2D eigenvalue weighted by atomic mass is 32.2. The third-order valence-electron chi connectivity index (χ3n) is 2.26. The third kappa shape index (κ3) is 3.38. The van der Waals surface area contributed by atoms with Crippen molar-refractivity contribution in [3.05, 3.63) is 47.5 Å². The molecule has 0 saturated heterocycles. The van der Waals surface area contributed by atoms with Crippen LogP contribution >= 0.6 is 11.8 Å². The van der Waals surface area contributed by atoms with Crippen LogP contribution in [0.2, 0.25) is 0 Å². The maximum Gasteiger partial charge on any atom is 0.416 e. The zero-order valence-corrected chi connectivity index (χ0v) is 10.5. The van der Waals surface area contributed by atoms with Crippen LogP contribution in [-0.2, 0) is 6.18 Å². The average molecular weight is 306 g/mol. The lowest BCUT2D eigenvalue weighted by Gasteiger charge is -2.09. The van der Waals surface area contributed by atoms with Crippen molar-refractivity contribution in [3.63, 3.8) is 0 Å². The predicted octanol–water partition coefficient (Wildman–Crippen LogP) is 4.11. The number of halogens is 5. The fourth-order valence-electron chi connectivity index (χ4n) is 1.41. The maximum atomic E-state index is 13.4. The largest absolute Gasteiger partial charge is 0.416 e. The van der Waals surface area contributed by atoms with Crippen LogP contribution in [0, 0.1) is 11.6 Å². The summed E-state index contributed by atoms with van der Waals surface area (Å²) >= 11 is 0.567. The van der Waals surface area contributed by atoms with E-state index in [9.17, 15) is 22.0 Å². The van der Waals surface area contributed by atoms with Gasteiger partial charge in [-0.2, -0.15) is 13.2 Å². The second-order valence-electron chi connectivity index (χ2n) is 3.79. The maximum absolute atomic E-state index is 13.4. The van der Waals surface area contributed by atoms with Crippen molar-refractivity contribution in [2.75, 3.05) is 5.73 Å². The number of nitrogen functional groups attached to an aromatic ring is 1. The molecule has 8 heteroatoms. The minimum Gasteiger partial charge on any atom is -0.384 e. The normalized spacial score (nSPS) is 11.7. The van der Waals surface area contributed by atoms with E-state index in [1.54, 1.807) is 0 Å². The van der Waals surface area contributed by atoms with Gasteiger partial charge < -0.3 is 5.73 Å². The monoisotopic (exact) mass is 306 g/mol. The zero-order chi connectivity index (χ0) is 14.9. The molecule has 0 unspecified atom stereocenters. The molecule has 1 aromatic heterocycles. The Morgan fingerprint density at radius 1 is 1.05 bits per heavy atom. The molecule has 0 aliphatic carbocycles. The van der Waals surface area contributed by atoms with Crippen molar-refractivity contribution in [1.29, 1.82) is 0 Å². The molecule has 0 spiro atoms. The summed E-state index contributed by atoms with van der Waals surface area (Å²) in [5.41, 5.74) is 4.29. The highest BCUT2D eigenvalue weighted by Gasteiger charge is 2.31. The van der Waals surface area contributed by atoms with Gasteiger partial charge in [0, 0.05) is 0 Å². The molecule has 1 aromatic carbocycles. The topological polar surface area (TPSA) is 38.9 Å². The van der Waals surface area contributed by atoms with Crippen molar-refractivity contribution in [2.45, 2.75) is 16.1 Å². The number of alkyl halides is 3. The number of nitrogens with two attached hydrogens (primary N) is 1. The van der Waals surface area contributed by atoms with Crippen molar-refractivity contribution >= 4 is 17.6 Å². The summed E-state index contributed by atoms with van der Waals surface area (Å²) in [6, 6.07) is 4.07. The molecule has 2 nitrogen and oxygen atoms in total. The first-order valence-corrected chi connectivity index (χ1v) is 6.05. The number of hydrogen-bond acceptors (Lipinski definition) is 3. The average Bonchev–Trinajstić information content (AvgIpc) is 2.32. The number of rotatable bonds is 2. The minimum absolute atomic E-state index is 0.165. The van der Waals surface area contributed by atoms with E-state index in [-0.39, 0.29) is 15.7 Å². The summed E-state index contributed by atoms with van der Waals surface area (Å²) in [6.45, 7) is 0. The number of hydrogen-bond donors (Lipinski definition) is 1. The van der Waals surface area contributed by atoms with Gasteiger partial charge >= 0.3 is 6.18 Å². The molecule has 2 N–H and O–H groups in total. The number of nitrogens with zero attached hydrogens (tertiary/aromatic N) is 1. The Bertz CT molecular complexity index is 642. The van der Waals surface area contributed by atoms with Gasteiger partial charge in [0.2, 0.25) is 0 Å². The number of anilines is 1. The summed E-state index contributed by atoms with van der Waals surface area (Å²) in [6.07, 6.45) is -4.59. The van der Waals surface area contributed by atoms with Gasteiger partial charge in [0.15, 0.2) is 0 Å². The lowest BCUT2D eigenvalue weighted by Crippen LogP contribution is -2.07. The standard InChI is InChI=1S/C12H7F5N2S/c13-7-1-2-8(14)9(5-7)20-11-4-6(12(15,16)17)3-10(18)19-11/h1-5H,(H2,18,19). The van der Waals surface area contributed by atoms with Crippen LogP contribution in [0.25, 0.3) is 0 Å². The Balaban J connectivity index is 2.39. The molecule has 0 bridgehead atoms. The third-order valence-corrected chi connectivity index (χ3v) is 3.21. The first-order chi connectivity index (χ1) is 9.25. The van der Waals surface area contributed by atoms with Gasteiger partial charge in [0.05, 0.1) is 10.5 Å². The van der Waals surface area contributed by atoms with E-state index in [1.165, 1.54) is 0 Å². The Labute approximate surface area is 114 Å². The van der Waals surface area contributed by atoms with Gasteiger partial charge in [-0.05, 0) is 30.3 Å². The molecule has 0 saturated carbocycles. The van der Waals surface area contributed by atoms with E-state index in [0.29, 0.717) is 17.8 Å². The molecular formula is C12H7F5N2S. The summed E-state index contributed by atoms with van der Waals surface area (Å²) in [7, 11) is 0. The Morgan fingerprint density at radius 2 is 1.75 bits per heavy atom. The fourth-order valence-corrected chi connectivity index (χ4v) is 2.31. The Hall–Kier alpha value is -1.83. The second-order valence-corrected chi connectivity index (χ2v) is 4.86. The smallest absolute Gasteiger partial charge is 0.384 e. The van der Waals surface area contributed by atoms with Gasteiger partial charge in [-0.1, -0.05) is 11.8 Å². The van der Waals surface area contributed by atoms with Crippen LogP contribution < -0.4 is 5.73 Å². The van der Waals surface area contributed by atoms with Crippen LogP contribution in [0.5, 0.6) is 0 Å². The molecule has 106 valence electrons. The van der Waals surface area contributed by atoms with Gasteiger partial charge in [-0.15, -0.1) is 0 Å². The second kappa shape index (κ2) is 5.28. The summed E-state index contributed by atoms with van der Waals surface area (Å²) in [5.74, 6) is -1.80. The molecule has 0 fully saturated rings. The summed E-state index contributed by atoms with van der Waals surface area (Å²) in [4.78, 5) is 3.49. The fraction of sp³-hybridized carbons (Fsp3) is 0.0833. The van der Waals surface area contributed by atoms with Crippen LogP contribution in [0.15, 0.2) is 40.3 Å². The number of aromatic nitrogens is 1. The lowest BCUT2D eigenvalue weighted by molar-refractivity contribution is -0.137. The summed E-state index contributed by atoms with van der Waals surface area (Å²) in [5, 5.41) is -0.165. The molecular weight excluding hydrogens is 299 g/mol. The quantitative estimate of drug-likeness (QED) is 0.849. The highest BCUT2D eigenvalue weighted by molar-refractivity contribution is 7.99.